The Hall–Kier alpha value is -0.940. The second kappa shape index (κ2) is 6.44. The van der Waals surface area contributed by atoms with Crippen molar-refractivity contribution in [2.24, 2.45) is 0 Å². The molecule has 1 atom stereocenters. The van der Waals surface area contributed by atoms with E-state index in [0.717, 1.165) is 48.2 Å². The van der Waals surface area contributed by atoms with E-state index in [9.17, 15) is 4.79 Å². The van der Waals surface area contributed by atoms with Gasteiger partial charge in [0.1, 0.15) is 0 Å². The second-order valence-electron chi connectivity index (χ2n) is 6.69. The van der Waals surface area contributed by atoms with Crippen LogP contribution < -0.4 is 4.90 Å². The van der Waals surface area contributed by atoms with Crippen LogP contribution in [0.15, 0.2) is 0 Å². The van der Waals surface area contributed by atoms with Gasteiger partial charge in [-0.05, 0) is 19.5 Å². The standard InChI is InChI=1S/C16H27N3OS/c1-6-18(7-2)12-8-9-19(10-12)15-17-14(16(3,4)5)13(11-20)21-15/h11-12H,6-10H2,1-5H3. The van der Waals surface area contributed by atoms with Crippen LogP contribution in [0, 0.1) is 0 Å². The molecule has 1 unspecified atom stereocenters. The van der Waals surface area contributed by atoms with Crippen molar-refractivity contribution in [2.45, 2.75) is 52.5 Å². The number of carbonyl (C=O) groups is 1. The summed E-state index contributed by atoms with van der Waals surface area (Å²) in [4.78, 5) is 21.7. The summed E-state index contributed by atoms with van der Waals surface area (Å²) in [5.74, 6) is 0. The van der Waals surface area contributed by atoms with Crippen LogP contribution in [0.2, 0.25) is 0 Å². The molecule has 118 valence electrons. The highest BCUT2D eigenvalue weighted by Crippen LogP contribution is 2.34. The SMILES string of the molecule is CCN(CC)C1CCN(c2nc(C(C)(C)C)c(C=O)s2)C1. The van der Waals surface area contributed by atoms with Crippen molar-refractivity contribution in [1.82, 2.24) is 9.88 Å². The van der Waals surface area contributed by atoms with E-state index < -0.39 is 0 Å². The van der Waals surface area contributed by atoms with E-state index in [1.807, 2.05) is 0 Å². The Morgan fingerprint density at radius 1 is 1.38 bits per heavy atom. The fourth-order valence-electron chi connectivity index (χ4n) is 3.03. The Kier molecular flexibility index (Phi) is 5.04. The quantitative estimate of drug-likeness (QED) is 0.783. The first-order chi connectivity index (χ1) is 9.90. The van der Waals surface area contributed by atoms with Gasteiger partial charge in [-0.3, -0.25) is 9.69 Å². The molecule has 21 heavy (non-hydrogen) atoms. The van der Waals surface area contributed by atoms with Gasteiger partial charge in [-0.1, -0.05) is 46.0 Å². The van der Waals surface area contributed by atoms with Crippen molar-refractivity contribution in [3.63, 3.8) is 0 Å². The molecule has 0 aromatic carbocycles. The van der Waals surface area contributed by atoms with E-state index >= 15 is 0 Å². The van der Waals surface area contributed by atoms with Crippen molar-refractivity contribution in [1.29, 1.82) is 0 Å². The van der Waals surface area contributed by atoms with Crippen LogP contribution in [0.25, 0.3) is 0 Å². The number of carbonyl (C=O) groups excluding carboxylic acids is 1. The Morgan fingerprint density at radius 3 is 2.52 bits per heavy atom. The number of aldehydes is 1. The highest BCUT2D eigenvalue weighted by molar-refractivity contribution is 7.17. The normalized spacial score (nSPS) is 19.5. The average Bonchev–Trinajstić information content (AvgIpc) is 3.05. The second-order valence-corrected chi connectivity index (χ2v) is 7.70. The van der Waals surface area contributed by atoms with Gasteiger partial charge in [0.15, 0.2) is 11.4 Å². The monoisotopic (exact) mass is 309 g/mol. The minimum atomic E-state index is -0.0804. The molecule has 1 aromatic rings. The van der Waals surface area contributed by atoms with Gasteiger partial charge in [-0.25, -0.2) is 4.98 Å². The Morgan fingerprint density at radius 2 is 2.05 bits per heavy atom. The first kappa shape index (κ1) is 16.4. The van der Waals surface area contributed by atoms with Crippen molar-refractivity contribution in [2.75, 3.05) is 31.1 Å². The predicted molar refractivity (Wildman–Crippen MR) is 89.7 cm³/mol. The first-order valence-electron chi connectivity index (χ1n) is 7.86. The maximum absolute atomic E-state index is 11.3. The molecule has 1 aromatic heterocycles. The third kappa shape index (κ3) is 3.46. The lowest BCUT2D eigenvalue weighted by Gasteiger charge is -2.26. The highest BCUT2D eigenvalue weighted by atomic mass is 32.1. The van der Waals surface area contributed by atoms with Crippen molar-refractivity contribution >= 4 is 22.8 Å². The minimum Gasteiger partial charge on any atom is -0.346 e. The third-order valence-electron chi connectivity index (χ3n) is 4.22. The maximum Gasteiger partial charge on any atom is 0.186 e. The molecule has 0 aliphatic carbocycles. The predicted octanol–water partition coefficient (Wildman–Crippen LogP) is 3.17. The summed E-state index contributed by atoms with van der Waals surface area (Å²) in [5.41, 5.74) is 0.854. The van der Waals surface area contributed by atoms with Gasteiger partial charge >= 0.3 is 0 Å². The van der Waals surface area contributed by atoms with Gasteiger partial charge in [0.05, 0.1) is 10.6 Å². The summed E-state index contributed by atoms with van der Waals surface area (Å²) in [6.45, 7) is 15.0. The third-order valence-corrected chi connectivity index (χ3v) is 5.26. The number of aromatic nitrogens is 1. The number of hydrogen-bond donors (Lipinski definition) is 0. The van der Waals surface area contributed by atoms with Gasteiger partial charge in [0.25, 0.3) is 0 Å². The lowest BCUT2D eigenvalue weighted by atomic mass is 9.91. The van der Waals surface area contributed by atoms with Gasteiger partial charge in [-0.2, -0.15) is 0 Å². The maximum atomic E-state index is 11.3. The van der Waals surface area contributed by atoms with Crippen molar-refractivity contribution < 1.29 is 4.79 Å². The lowest BCUT2D eigenvalue weighted by molar-refractivity contribution is 0.112. The fraction of sp³-hybridized carbons (Fsp3) is 0.750. The molecule has 0 amide bonds. The smallest absolute Gasteiger partial charge is 0.186 e. The van der Waals surface area contributed by atoms with Crippen LogP contribution in [0.5, 0.6) is 0 Å². The Balaban J connectivity index is 2.17. The summed E-state index contributed by atoms with van der Waals surface area (Å²) < 4.78 is 0. The zero-order valence-electron chi connectivity index (χ0n) is 13.8. The fourth-order valence-corrected chi connectivity index (χ4v) is 4.15. The van der Waals surface area contributed by atoms with E-state index in [-0.39, 0.29) is 5.41 Å². The van der Waals surface area contributed by atoms with Gasteiger partial charge < -0.3 is 4.90 Å². The van der Waals surface area contributed by atoms with Crippen LogP contribution >= 0.6 is 11.3 Å². The molecular weight excluding hydrogens is 282 g/mol. The molecule has 1 saturated heterocycles. The molecule has 0 spiro atoms. The first-order valence-corrected chi connectivity index (χ1v) is 8.67. The molecule has 0 N–H and O–H groups in total. The minimum absolute atomic E-state index is 0.0804. The van der Waals surface area contributed by atoms with Crippen LogP contribution in [0.1, 0.15) is 56.4 Å². The van der Waals surface area contributed by atoms with Crippen LogP contribution in [0.4, 0.5) is 5.13 Å². The number of nitrogens with zero attached hydrogens (tertiary/aromatic N) is 3. The molecule has 1 aliphatic rings. The van der Waals surface area contributed by atoms with E-state index in [2.05, 4.69) is 44.4 Å². The van der Waals surface area contributed by atoms with E-state index in [1.54, 1.807) is 11.3 Å². The molecule has 1 aliphatic heterocycles. The van der Waals surface area contributed by atoms with Crippen molar-refractivity contribution in [3.8, 4) is 0 Å². The number of likely N-dealkylation sites (N-methyl/N-ethyl adjacent to an activating group) is 1. The van der Waals surface area contributed by atoms with Crippen LogP contribution in [-0.2, 0) is 5.41 Å². The largest absolute Gasteiger partial charge is 0.346 e. The van der Waals surface area contributed by atoms with E-state index in [0.29, 0.717) is 6.04 Å². The molecule has 4 nitrogen and oxygen atoms in total. The number of anilines is 1. The zero-order valence-corrected chi connectivity index (χ0v) is 14.7. The van der Waals surface area contributed by atoms with Gasteiger partial charge in [0, 0.05) is 24.5 Å². The molecule has 0 saturated carbocycles. The molecule has 2 rings (SSSR count). The van der Waals surface area contributed by atoms with E-state index in [1.165, 1.54) is 6.42 Å². The Bertz CT molecular complexity index is 488. The van der Waals surface area contributed by atoms with Crippen LogP contribution in [0.3, 0.4) is 0 Å². The van der Waals surface area contributed by atoms with Crippen LogP contribution in [-0.4, -0.2) is 48.4 Å². The highest BCUT2D eigenvalue weighted by Gasteiger charge is 2.30. The zero-order chi connectivity index (χ0) is 15.6. The van der Waals surface area contributed by atoms with Gasteiger partial charge in [-0.15, -0.1) is 0 Å². The summed E-state index contributed by atoms with van der Waals surface area (Å²) in [5, 5.41) is 1.01. The summed E-state index contributed by atoms with van der Waals surface area (Å²) in [6.07, 6.45) is 2.14. The molecule has 1 fully saturated rings. The topological polar surface area (TPSA) is 36.4 Å². The molecule has 5 heteroatoms. The summed E-state index contributed by atoms with van der Waals surface area (Å²) in [6, 6.07) is 0.613. The number of rotatable bonds is 5. The summed E-state index contributed by atoms with van der Waals surface area (Å²) >= 11 is 1.54. The molecule has 0 radical (unpaired) electrons. The number of thiazole rings is 1. The summed E-state index contributed by atoms with van der Waals surface area (Å²) in [7, 11) is 0. The average molecular weight is 309 g/mol. The number of hydrogen-bond acceptors (Lipinski definition) is 5. The van der Waals surface area contributed by atoms with Crippen molar-refractivity contribution in [3.05, 3.63) is 10.6 Å². The Labute approximate surface area is 132 Å². The molecular formula is C16H27N3OS. The molecule has 2 heterocycles. The van der Waals surface area contributed by atoms with E-state index in [4.69, 9.17) is 4.98 Å². The molecule has 0 bridgehead atoms. The lowest BCUT2D eigenvalue weighted by Crippen LogP contribution is -2.37. The van der Waals surface area contributed by atoms with Gasteiger partial charge in [0.2, 0.25) is 0 Å².